The highest BCUT2D eigenvalue weighted by Crippen LogP contribution is 2.32. The molecule has 2 amide bonds. The average Bonchev–Trinajstić information content (AvgIpc) is 3.17. The zero-order chi connectivity index (χ0) is 22.1. The van der Waals surface area contributed by atoms with Crippen molar-refractivity contribution in [2.45, 2.75) is 44.4 Å². The Kier molecular flexibility index (Phi) is 5.64. The summed E-state index contributed by atoms with van der Waals surface area (Å²) in [5.41, 5.74) is 0.887. The molecule has 1 aromatic heterocycles. The number of aryl methyl sites for hydroxylation is 1. The average molecular weight is 429 g/mol. The fourth-order valence-corrected chi connectivity index (χ4v) is 3.97. The molecular weight excluding hydrogens is 406 g/mol. The topological polar surface area (TPSA) is 131 Å². The zero-order valence-electron chi connectivity index (χ0n) is 17.2. The Balaban J connectivity index is 1.53. The summed E-state index contributed by atoms with van der Waals surface area (Å²) in [5.74, 6) is -0.744. The number of carbonyl (C=O) groups excluding carboxylic acids is 2. The van der Waals surface area contributed by atoms with E-state index in [1.54, 1.807) is 37.1 Å². The number of nitrogens with zero attached hydrogens (tertiary/aromatic N) is 2. The number of ether oxygens (including phenoxy) is 2. The number of nitrogens with one attached hydrogen (secondary N) is 1. The van der Waals surface area contributed by atoms with Gasteiger partial charge in [-0.25, -0.2) is 0 Å². The number of benzene rings is 1. The van der Waals surface area contributed by atoms with E-state index in [0.717, 1.165) is 0 Å². The van der Waals surface area contributed by atoms with Gasteiger partial charge in [-0.15, -0.1) is 0 Å². The molecule has 0 unspecified atom stereocenters. The maximum absolute atomic E-state index is 13.2. The molecule has 2 aliphatic heterocycles. The predicted octanol–water partition coefficient (Wildman–Crippen LogP) is 2.09. The fraction of sp³-hybridized carbons (Fsp3) is 0.429. The number of carbonyl (C=O) groups is 3. The first kappa shape index (κ1) is 20.9. The van der Waals surface area contributed by atoms with E-state index in [-0.39, 0.29) is 30.7 Å². The van der Waals surface area contributed by atoms with E-state index in [0.29, 0.717) is 35.6 Å². The van der Waals surface area contributed by atoms with Crippen molar-refractivity contribution >= 4 is 23.5 Å². The number of aliphatic carboxylic acids is 1. The van der Waals surface area contributed by atoms with E-state index in [1.807, 2.05) is 0 Å². The van der Waals surface area contributed by atoms with E-state index >= 15 is 0 Å². The summed E-state index contributed by atoms with van der Waals surface area (Å²) in [6.07, 6.45) is 0.264. The standard InChI is InChI=1S/C21H23N3O7/c1-11-7-15(23-31-11)20(27)22-12-3-6-17-14(8-12)21(28)24(2)16-5-4-13(9-19(25)26)30-18(16)10-29-17/h3,6-8,13,16,18H,4-5,9-10H2,1-2H3,(H,22,27)(H,25,26)/t13-,16-,18-/m1/s1. The Morgan fingerprint density at radius 2 is 2.10 bits per heavy atom. The number of fused-ring (bicyclic) bond motifs is 2. The molecule has 1 aromatic carbocycles. The molecule has 0 bridgehead atoms. The molecule has 0 saturated carbocycles. The number of rotatable bonds is 4. The molecule has 0 aliphatic carbocycles. The summed E-state index contributed by atoms with van der Waals surface area (Å²) in [5, 5.41) is 15.4. The summed E-state index contributed by atoms with van der Waals surface area (Å²) < 4.78 is 16.7. The predicted molar refractivity (Wildman–Crippen MR) is 107 cm³/mol. The van der Waals surface area contributed by atoms with E-state index in [4.69, 9.17) is 19.1 Å². The van der Waals surface area contributed by atoms with Crippen LogP contribution < -0.4 is 10.1 Å². The number of hydrogen-bond donors (Lipinski definition) is 2. The lowest BCUT2D eigenvalue weighted by molar-refractivity contribution is -0.148. The molecule has 4 rings (SSSR count). The van der Waals surface area contributed by atoms with Crippen LogP contribution in [0.25, 0.3) is 0 Å². The van der Waals surface area contributed by atoms with Crippen molar-refractivity contribution in [1.82, 2.24) is 10.1 Å². The highest BCUT2D eigenvalue weighted by Gasteiger charge is 2.39. The maximum Gasteiger partial charge on any atom is 0.305 e. The summed E-state index contributed by atoms with van der Waals surface area (Å²) in [6.45, 7) is 1.88. The van der Waals surface area contributed by atoms with Crippen LogP contribution in [0, 0.1) is 6.92 Å². The van der Waals surface area contributed by atoms with Gasteiger partial charge in [0.05, 0.1) is 24.1 Å². The number of carboxylic acids is 1. The molecule has 0 spiro atoms. The Morgan fingerprint density at radius 1 is 1.29 bits per heavy atom. The smallest absolute Gasteiger partial charge is 0.305 e. The van der Waals surface area contributed by atoms with Crippen molar-refractivity contribution < 1.29 is 33.5 Å². The summed E-state index contributed by atoms with van der Waals surface area (Å²) in [7, 11) is 1.69. The molecule has 31 heavy (non-hydrogen) atoms. The van der Waals surface area contributed by atoms with Crippen LogP contribution in [0.3, 0.4) is 0 Å². The monoisotopic (exact) mass is 429 g/mol. The van der Waals surface area contributed by atoms with Gasteiger partial charge in [0.2, 0.25) is 0 Å². The van der Waals surface area contributed by atoms with Gasteiger partial charge in [-0.05, 0) is 38.0 Å². The van der Waals surface area contributed by atoms with Crippen LogP contribution in [0.5, 0.6) is 5.75 Å². The number of carboxylic acid groups (broad SMARTS) is 1. The largest absolute Gasteiger partial charge is 0.490 e. The summed E-state index contributed by atoms with van der Waals surface area (Å²) in [4.78, 5) is 38.1. The van der Waals surface area contributed by atoms with E-state index in [1.165, 1.54) is 6.07 Å². The van der Waals surface area contributed by atoms with Crippen LogP contribution in [0.2, 0.25) is 0 Å². The van der Waals surface area contributed by atoms with Gasteiger partial charge < -0.3 is 29.3 Å². The minimum Gasteiger partial charge on any atom is -0.490 e. The van der Waals surface area contributed by atoms with E-state index in [2.05, 4.69) is 10.5 Å². The molecule has 10 heteroatoms. The van der Waals surface area contributed by atoms with Crippen LogP contribution in [0.1, 0.15) is 45.9 Å². The molecule has 1 saturated heterocycles. The number of likely N-dealkylation sites (N-methyl/N-ethyl adjacent to an activating group) is 1. The Hall–Kier alpha value is -3.40. The third-order valence-electron chi connectivity index (χ3n) is 5.53. The van der Waals surface area contributed by atoms with Gasteiger partial charge in [0.1, 0.15) is 24.2 Å². The summed E-state index contributed by atoms with van der Waals surface area (Å²) in [6, 6.07) is 6.09. The van der Waals surface area contributed by atoms with E-state index in [9.17, 15) is 14.4 Å². The Morgan fingerprint density at radius 3 is 2.81 bits per heavy atom. The van der Waals surface area contributed by atoms with Crippen molar-refractivity contribution in [3.63, 3.8) is 0 Å². The van der Waals surface area contributed by atoms with Crippen LogP contribution in [0.4, 0.5) is 5.69 Å². The second kappa shape index (κ2) is 8.38. The first-order valence-corrected chi connectivity index (χ1v) is 9.97. The first-order valence-electron chi connectivity index (χ1n) is 9.97. The molecule has 0 radical (unpaired) electrons. The minimum atomic E-state index is -0.916. The number of hydrogen-bond acceptors (Lipinski definition) is 7. The second-order valence-corrected chi connectivity index (χ2v) is 7.75. The van der Waals surface area contributed by atoms with Crippen molar-refractivity contribution in [1.29, 1.82) is 0 Å². The van der Waals surface area contributed by atoms with Crippen molar-refractivity contribution in [3.8, 4) is 5.75 Å². The fourth-order valence-electron chi connectivity index (χ4n) is 3.97. The molecule has 1 fully saturated rings. The Labute approximate surface area is 178 Å². The van der Waals surface area contributed by atoms with Gasteiger partial charge in [0, 0.05) is 18.8 Å². The summed E-state index contributed by atoms with van der Waals surface area (Å²) >= 11 is 0. The second-order valence-electron chi connectivity index (χ2n) is 7.75. The SMILES string of the molecule is Cc1cc(C(=O)Nc2ccc3c(c2)C(=O)N(C)[C@@H]2CC[C@H](CC(=O)O)O[C@@H]2CO3)no1. The zero-order valence-corrected chi connectivity index (χ0v) is 17.2. The number of amides is 2. The first-order chi connectivity index (χ1) is 14.8. The van der Waals surface area contributed by atoms with Crippen LogP contribution in [0.15, 0.2) is 28.8 Å². The lowest BCUT2D eigenvalue weighted by Gasteiger charge is -2.42. The van der Waals surface area contributed by atoms with Gasteiger partial charge in [-0.2, -0.15) is 0 Å². The molecule has 164 valence electrons. The van der Waals surface area contributed by atoms with Gasteiger partial charge in [0.15, 0.2) is 5.69 Å². The normalized spacial score (nSPS) is 23.1. The van der Waals surface area contributed by atoms with Gasteiger partial charge >= 0.3 is 5.97 Å². The highest BCUT2D eigenvalue weighted by atomic mass is 16.5. The third-order valence-corrected chi connectivity index (χ3v) is 5.53. The molecule has 10 nitrogen and oxygen atoms in total. The van der Waals surface area contributed by atoms with Crippen molar-refractivity contribution in [2.75, 3.05) is 19.0 Å². The minimum absolute atomic E-state index is 0.0778. The molecule has 2 N–H and O–H groups in total. The van der Waals surface area contributed by atoms with Crippen LogP contribution in [-0.4, -0.2) is 64.9 Å². The van der Waals surface area contributed by atoms with Crippen molar-refractivity contribution in [3.05, 3.63) is 41.3 Å². The van der Waals surface area contributed by atoms with Gasteiger partial charge in [-0.1, -0.05) is 5.16 Å². The third kappa shape index (κ3) is 4.38. The molecule has 3 heterocycles. The lowest BCUT2D eigenvalue weighted by atomic mass is 9.94. The van der Waals surface area contributed by atoms with Crippen LogP contribution in [-0.2, 0) is 9.53 Å². The van der Waals surface area contributed by atoms with E-state index < -0.39 is 24.1 Å². The molecule has 3 atom stereocenters. The quantitative estimate of drug-likeness (QED) is 0.755. The maximum atomic E-state index is 13.2. The molecule has 2 aromatic rings. The molecular formula is C21H23N3O7. The molecule has 2 aliphatic rings. The Bertz CT molecular complexity index is 1020. The van der Waals surface area contributed by atoms with Crippen LogP contribution >= 0.6 is 0 Å². The van der Waals surface area contributed by atoms with Gasteiger partial charge in [0.25, 0.3) is 11.8 Å². The highest BCUT2D eigenvalue weighted by molar-refractivity contribution is 6.04. The number of aromatic nitrogens is 1. The van der Waals surface area contributed by atoms with Gasteiger partial charge in [-0.3, -0.25) is 14.4 Å². The number of anilines is 1. The lowest BCUT2D eigenvalue weighted by Crippen LogP contribution is -2.53. The van der Waals surface area contributed by atoms with Crippen molar-refractivity contribution in [2.24, 2.45) is 0 Å².